The molecule has 3 aromatic heterocycles. The monoisotopic (exact) mass is 490 g/mol. The summed E-state index contributed by atoms with van der Waals surface area (Å²) < 4.78 is 9.03. The van der Waals surface area contributed by atoms with E-state index in [-0.39, 0.29) is 5.92 Å². The molecule has 5 heteroatoms. The molecule has 0 aliphatic heterocycles. The quantitative estimate of drug-likeness (QED) is 0.223. The molecule has 1 atom stereocenters. The Labute approximate surface area is 219 Å². The van der Waals surface area contributed by atoms with E-state index in [1.165, 1.54) is 16.5 Å². The van der Waals surface area contributed by atoms with E-state index in [0.717, 1.165) is 34.8 Å². The molecule has 0 saturated carbocycles. The average molecular weight is 491 g/mol. The fraction of sp³-hybridized carbons (Fsp3) is 0.250. The molecule has 3 heterocycles. The van der Waals surface area contributed by atoms with Gasteiger partial charge in [0.2, 0.25) is 0 Å². The molecular weight excluding hydrogens is 456 g/mol. The van der Waals surface area contributed by atoms with E-state index in [4.69, 9.17) is 4.74 Å². The lowest BCUT2D eigenvalue weighted by atomic mass is 9.90. The molecule has 0 aliphatic carbocycles. The summed E-state index contributed by atoms with van der Waals surface area (Å²) in [6, 6.07) is 26.9. The van der Waals surface area contributed by atoms with E-state index in [1.807, 2.05) is 48.8 Å². The van der Waals surface area contributed by atoms with Crippen LogP contribution in [0.5, 0.6) is 5.75 Å². The molecule has 37 heavy (non-hydrogen) atoms. The van der Waals surface area contributed by atoms with Gasteiger partial charge in [0.15, 0.2) is 0 Å². The summed E-state index contributed by atoms with van der Waals surface area (Å²) in [6.45, 7) is 8.74. The summed E-state index contributed by atoms with van der Waals surface area (Å²) in [5, 5.41) is 2.38. The molecule has 2 aromatic carbocycles. The highest BCUT2D eigenvalue weighted by Gasteiger charge is 2.30. The molecule has 5 aromatic rings. The fourth-order valence-electron chi connectivity index (χ4n) is 4.78. The molecule has 0 N–H and O–H groups in total. The Morgan fingerprint density at radius 1 is 0.919 bits per heavy atom. The Kier molecular flexibility index (Phi) is 6.70. The van der Waals surface area contributed by atoms with E-state index in [0.29, 0.717) is 0 Å². The Bertz CT molecular complexity index is 1540. The smallest absolute Gasteiger partial charge is 0.137 e. The number of ether oxygens (including phenoxy) is 1. The zero-order chi connectivity index (χ0) is 26.0. The van der Waals surface area contributed by atoms with Crippen LogP contribution in [0.2, 0.25) is 0 Å². The van der Waals surface area contributed by atoms with Gasteiger partial charge in [-0.25, -0.2) is 9.97 Å². The molecule has 0 spiro atoms. The largest absolute Gasteiger partial charge is 0.483 e. The van der Waals surface area contributed by atoms with Crippen LogP contribution in [0.4, 0.5) is 5.82 Å². The molecule has 188 valence electrons. The number of pyridine rings is 2. The molecule has 0 bridgehead atoms. The van der Waals surface area contributed by atoms with Gasteiger partial charge < -0.3 is 9.64 Å². The van der Waals surface area contributed by atoms with Gasteiger partial charge >= 0.3 is 0 Å². The summed E-state index contributed by atoms with van der Waals surface area (Å²) in [7, 11) is 2.07. The summed E-state index contributed by atoms with van der Waals surface area (Å²) in [5.41, 5.74) is 2.85. The lowest BCUT2D eigenvalue weighted by Crippen LogP contribution is -2.37. The van der Waals surface area contributed by atoms with Crippen LogP contribution < -0.4 is 9.64 Å². The molecule has 0 fully saturated rings. The van der Waals surface area contributed by atoms with Crippen LogP contribution in [0.15, 0.2) is 103 Å². The lowest BCUT2D eigenvalue weighted by molar-refractivity contribution is 0.0889. The van der Waals surface area contributed by atoms with Gasteiger partial charge in [0.05, 0.1) is 11.0 Å². The van der Waals surface area contributed by atoms with Crippen molar-refractivity contribution in [3.8, 4) is 11.6 Å². The van der Waals surface area contributed by atoms with E-state index in [9.17, 15) is 0 Å². The van der Waals surface area contributed by atoms with Crippen LogP contribution in [0.25, 0.3) is 27.6 Å². The first-order chi connectivity index (χ1) is 17.9. The number of nitrogens with zero attached hydrogens (tertiary/aromatic N) is 4. The summed E-state index contributed by atoms with van der Waals surface area (Å²) >= 11 is 0. The van der Waals surface area contributed by atoms with Gasteiger partial charge in [-0.2, -0.15) is 0 Å². The highest BCUT2D eigenvalue weighted by atomic mass is 16.5. The van der Waals surface area contributed by atoms with Crippen molar-refractivity contribution in [1.82, 2.24) is 14.5 Å². The minimum Gasteiger partial charge on any atom is -0.483 e. The molecule has 0 radical (unpaired) electrons. The first-order valence-corrected chi connectivity index (χ1v) is 12.9. The summed E-state index contributed by atoms with van der Waals surface area (Å²) in [5.74, 6) is 2.88. The third-order valence-corrected chi connectivity index (χ3v) is 7.25. The van der Waals surface area contributed by atoms with Crippen LogP contribution in [0, 0.1) is 5.92 Å². The van der Waals surface area contributed by atoms with Crippen LogP contribution in [-0.2, 0) is 0 Å². The number of hydrogen-bond acceptors (Lipinski definition) is 4. The maximum Gasteiger partial charge on any atom is 0.137 e. The fourth-order valence-corrected chi connectivity index (χ4v) is 4.78. The highest BCUT2D eigenvalue weighted by Crippen LogP contribution is 2.36. The SMILES string of the molecule is CC/C(=C\C(C)(Oc1ccc2c3ccccc3n(-c3ccccn3)c2c1)C(C)C)N(C)c1ccccn1. The number of aromatic nitrogens is 3. The first-order valence-electron chi connectivity index (χ1n) is 12.9. The number of benzene rings is 2. The number of fused-ring (bicyclic) bond motifs is 3. The molecule has 5 rings (SSSR count). The average Bonchev–Trinajstić information content (AvgIpc) is 3.26. The molecular formula is C32H34N4O. The van der Waals surface area contributed by atoms with Crippen LogP contribution in [0.3, 0.4) is 0 Å². The van der Waals surface area contributed by atoms with Gasteiger partial charge in [-0.3, -0.25) is 4.57 Å². The second kappa shape index (κ2) is 10.1. The predicted molar refractivity (Wildman–Crippen MR) is 153 cm³/mol. The Balaban J connectivity index is 1.59. The Hall–Kier alpha value is -4.12. The normalized spacial score (nSPS) is 13.7. The van der Waals surface area contributed by atoms with Gasteiger partial charge in [-0.1, -0.05) is 51.1 Å². The molecule has 0 saturated heterocycles. The second-order valence-electron chi connectivity index (χ2n) is 9.90. The van der Waals surface area contributed by atoms with Crippen molar-refractivity contribution in [2.24, 2.45) is 5.92 Å². The standard InChI is InChI=1S/C32H34N4O/c1-6-24(35(5)30-15-9-11-19-33-30)22-32(4,23(2)3)37-25-17-18-27-26-13-7-8-14-28(26)36(29(27)21-25)31-16-10-12-20-34-31/h7-23H,6H2,1-5H3/b24-22+. The maximum atomic E-state index is 6.82. The van der Waals surface area contributed by atoms with Crippen molar-refractivity contribution >= 4 is 27.6 Å². The van der Waals surface area contributed by atoms with Gasteiger partial charge in [0.1, 0.15) is 23.0 Å². The van der Waals surface area contributed by atoms with Crippen molar-refractivity contribution in [2.45, 2.75) is 39.7 Å². The molecule has 0 amide bonds. The summed E-state index contributed by atoms with van der Waals surface area (Å²) in [4.78, 5) is 11.3. The van der Waals surface area contributed by atoms with Crippen LogP contribution in [-0.4, -0.2) is 27.2 Å². The van der Waals surface area contributed by atoms with Gasteiger partial charge in [0, 0.05) is 42.0 Å². The van der Waals surface area contributed by atoms with Crippen molar-refractivity contribution in [3.05, 3.63) is 103 Å². The number of hydrogen-bond donors (Lipinski definition) is 0. The third-order valence-electron chi connectivity index (χ3n) is 7.25. The number of allylic oxidation sites excluding steroid dienone is 1. The number of para-hydroxylation sites is 1. The third kappa shape index (κ3) is 4.69. The zero-order valence-electron chi connectivity index (χ0n) is 22.2. The van der Waals surface area contributed by atoms with E-state index >= 15 is 0 Å². The van der Waals surface area contributed by atoms with Crippen molar-refractivity contribution < 1.29 is 4.74 Å². The van der Waals surface area contributed by atoms with Gasteiger partial charge in [-0.05, 0) is 67.8 Å². The van der Waals surface area contributed by atoms with Crippen LogP contribution >= 0.6 is 0 Å². The Morgan fingerprint density at radius 3 is 2.30 bits per heavy atom. The van der Waals surface area contributed by atoms with Crippen molar-refractivity contribution in [2.75, 3.05) is 11.9 Å². The van der Waals surface area contributed by atoms with E-state index in [2.05, 4.69) is 103 Å². The minimum atomic E-state index is -0.524. The van der Waals surface area contributed by atoms with Crippen molar-refractivity contribution in [1.29, 1.82) is 0 Å². The molecule has 5 nitrogen and oxygen atoms in total. The van der Waals surface area contributed by atoms with Gasteiger partial charge in [-0.15, -0.1) is 0 Å². The van der Waals surface area contributed by atoms with Gasteiger partial charge in [0.25, 0.3) is 0 Å². The van der Waals surface area contributed by atoms with E-state index in [1.54, 1.807) is 0 Å². The highest BCUT2D eigenvalue weighted by molar-refractivity contribution is 6.09. The minimum absolute atomic E-state index is 0.239. The molecule has 0 aliphatic rings. The maximum absolute atomic E-state index is 6.82. The Morgan fingerprint density at radius 2 is 1.62 bits per heavy atom. The second-order valence-corrected chi connectivity index (χ2v) is 9.90. The lowest BCUT2D eigenvalue weighted by Gasteiger charge is -2.34. The number of rotatable bonds is 8. The van der Waals surface area contributed by atoms with E-state index < -0.39 is 5.60 Å². The van der Waals surface area contributed by atoms with Crippen LogP contribution in [0.1, 0.15) is 34.1 Å². The number of anilines is 1. The summed E-state index contributed by atoms with van der Waals surface area (Å²) in [6.07, 6.45) is 6.78. The molecule has 1 unspecified atom stereocenters. The van der Waals surface area contributed by atoms with Crippen molar-refractivity contribution in [3.63, 3.8) is 0 Å². The first kappa shape index (κ1) is 24.6. The zero-order valence-corrected chi connectivity index (χ0v) is 22.2. The topological polar surface area (TPSA) is 43.2 Å². The predicted octanol–water partition coefficient (Wildman–Crippen LogP) is 7.80.